The third-order valence-electron chi connectivity index (χ3n) is 4.98. The Kier molecular flexibility index (Phi) is 9.36. The number of nitrogens with one attached hydrogen (secondary N) is 1. The van der Waals surface area contributed by atoms with Crippen LogP contribution < -0.4 is 5.32 Å². The highest BCUT2D eigenvalue weighted by molar-refractivity contribution is 6.06. The van der Waals surface area contributed by atoms with E-state index in [1.165, 1.54) is 12.0 Å². The Bertz CT molecular complexity index is 739. The molecule has 1 heterocycles. The molecule has 0 spiro atoms. The van der Waals surface area contributed by atoms with Crippen LogP contribution in [0.3, 0.4) is 0 Å². The highest BCUT2D eigenvalue weighted by Gasteiger charge is 2.32. The summed E-state index contributed by atoms with van der Waals surface area (Å²) in [5.41, 5.74) is 2.12. The summed E-state index contributed by atoms with van der Waals surface area (Å²) in [4.78, 5) is 39.9. The van der Waals surface area contributed by atoms with Crippen LogP contribution >= 0.6 is 0 Å². The first-order valence-electron chi connectivity index (χ1n) is 10.00. The summed E-state index contributed by atoms with van der Waals surface area (Å²) in [5.74, 6) is -0.678. The van der Waals surface area contributed by atoms with Crippen molar-refractivity contribution >= 4 is 17.8 Å². The molecule has 164 valence electrons. The van der Waals surface area contributed by atoms with Crippen molar-refractivity contribution in [2.45, 2.75) is 66.6 Å². The van der Waals surface area contributed by atoms with E-state index in [0.717, 1.165) is 0 Å². The monoisotopic (exact) mass is 409 g/mol. The summed E-state index contributed by atoms with van der Waals surface area (Å²) >= 11 is 0. The van der Waals surface area contributed by atoms with E-state index in [1.807, 2.05) is 27.7 Å². The number of carbonyl (C=O) groups excluding carboxylic acids is 3. The third-order valence-corrected chi connectivity index (χ3v) is 4.98. The number of nitrogens with zero attached hydrogens (tertiary/aromatic N) is 2. The molecular formula is C21H35N3O5. The number of urea groups is 1. The molecule has 1 atom stereocenters. The molecule has 1 aromatic heterocycles. The fourth-order valence-corrected chi connectivity index (χ4v) is 3.54. The number of aromatic nitrogens is 1. The van der Waals surface area contributed by atoms with Crippen LogP contribution in [0.2, 0.25) is 0 Å². The minimum absolute atomic E-state index is 0.0506. The fraction of sp³-hybridized carbons (Fsp3) is 0.667. The molecule has 0 saturated heterocycles. The van der Waals surface area contributed by atoms with E-state index >= 15 is 0 Å². The van der Waals surface area contributed by atoms with Crippen molar-refractivity contribution < 1.29 is 23.9 Å². The van der Waals surface area contributed by atoms with E-state index in [4.69, 9.17) is 9.47 Å². The molecule has 0 radical (unpaired) electrons. The van der Waals surface area contributed by atoms with Crippen molar-refractivity contribution in [3.63, 3.8) is 0 Å². The molecule has 8 heteroatoms. The summed E-state index contributed by atoms with van der Waals surface area (Å²) in [5, 5.41) is 2.86. The normalized spacial score (nSPS) is 12.0. The Balaban J connectivity index is 3.32. The second-order valence-corrected chi connectivity index (χ2v) is 7.35. The van der Waals surface area contributed by atoms with E-state index in [9.17, 15) is 14.4 Å². The molecule has 1 rings (SSSR count). The zero-order valence-corrected chi connectivity index (χ0v) is 18.9. The first-order valence-corrected chi connectivity index (χ1v) is 10.00. The van der Waals surface area contributed by atoms with Crippen molar-refractivity contribution in [3.05, 3.63) is 22.5 Å². The van der Waals surface area contributed by atoms with E-state index in [2.05, 4.69) is 5.32 Å². The number of hydrogen-bond acceptors (Lipinski definition) is 5. The lowest BCUT2D eigenvalue weighted by atomic mass is 10.00. The summed E-state index contributed by atoms with van der Waals surface area (Å²) in [6.07, 6.45) is 0.612. The number of ether oxygens (including phenoxy) is 2. The molecule has 1 aromatic rings. The fourth-order valence-electron chi connectivity index (χ4n) is 3.54. The average Bonchev–Trinajstić information content (AvgIpc) is 2.92. The van der Waals surface area contributed by atoms with E-state index < -0.39 is 12.0 Å². The maximum atomic E-state index is 13.4. The van der Waals surface area contributed by atoms with Gasteiger partial charge in [0.1, 0.15) is 5.69 Å². The Morgan fingerprint density at radius 2 is 1.76 bits per heavy atom. The van der Waals surface area contributed by atoms with Crippen molar-refractivity contribution in [3.8, 4) is 0 Å². The second-order valence-electron chi connectivity index (χ2n) is 7.35. The minimum atomic E-state index is -0.693. The SMILES string of the molecule is CCn1c(C)c(C(=O)C(C)N(CCCOC)C(=O)NC(C)C)c(C)c1C(=O)OC. The molecule has 1 N–H and O–H groups in total. The standard InChI is InChI=1S/C21H35N3O5/c1-9-23-15(5)17(14(4)18(23)20(26)29-8)19(25)16(6)24(11-10-12-28-7)21(27)22-13(2)3/h13,16H,9-12H2,1-8H3,(H,22,27). The number of Topliss-reactive ketones (excluding diaryl/α,β-unsaturated/α-hetero) is 1. The van der Waals surface area contributed by atoms with Crippen molar-refractivity contribution in [1.82, 2.24) is 14.8 Å². The molecule has 8 nitrogen and oxygen atoms in total. The van der Waals surface area contributed by atoms with Gasteiger partial charge >= 0.3 is 12.0 Å². The van der Waals surface area contributed by atoms with Crippen LogP contribution in [0.1, 0.15) is 66.2 Å². The lowest BCUT2D eigenvalue weighted by molar-refractivity contribution is 0.0587. The first-order chi connectivity index (χ1) is 13.6. The maximum Gasteiger partial charge on any atom is 0.354 e. The summed E-state index contributed by atoms with van der Waals surface area (Å²) in [7, 11) is 2.92. The maximum absolute atomic E-state index is 13.4. The largest absolute Gasteiger partial charge is 0.464 e. The molecule has 29 heavy (non-hydrogen) atoms. The van der Waals surface area contributed by atoms with E-state index in [-0.39, 0.29) is 17.9 Å². The van der Waals surface area contributed by atoms with Crippen LogP contribution in [0, 0.1) is 13.8 Å². The Morgan fingerprint density at radius 1 is 1.14 bits per heavy atom. The molecule has 0 aromatic carbocycles. The first kappa shape index (κ1) is 24.7. The van der Waals surface area contributed by atoms with Gasteiger partial charge in [-0.25, -0.2) is 9.59 Å². The number of rotatable bonds is 10. The number of methoxy groups -OCH3 is 2. The molecule has 0 fully saturated rings. The van der Waals surface area contributed by atoms with Crippen molar-refractivity contribution in [1.29, 1.82) is 0 Å². The predicted molar refractivity (Wildman–Crippen MR) is 112 cm³/mol. The third kappa shape index (κ3) is 5.59. The molecule has 0 saturated carbocycles. The predicted octanol–water partition coefficient (Wildman–Crippen LogP) is 2.94. The molecule has 0 aliphatic carbocycles. The second kappa shape index (κ2) is 11.0. The average molecular weight is 410 g/mol. The van der Waals surface area contributed by atoms with Crippen LogP contribution in [0.15, 0.2) is 0 Å². The Morgan fingerprint density at radius 3 is 2.24 bits per heavy atom. The summed E-state index contributed by atoms with van der Waals surface area (Å²) in [6, 6.07) is -1.04. The topological polar surface area (TPSA) is 89.9 Å². The van der Waals surface area contributed by atoms with Crippen LogP contribution in [0.5, 0.6) is 0 Å². The van der Waals surface area contributed by atoms with Gasteiger partial charge in [0.2, 0.25) is 0 Å². The number of ketones is 1. The van der Waals surface area contributed by atoms with Gasteiger partial charge in [-0.15, -0.1) is 0 Å². The van der Waals surface area contributed by atoms with Gasteiger partial charge in [-0.1, -0.05) is 0 Å². The van der Waals surface area contributed by atoms with Crippen molar-refractivity contribution in [2.75, 3.05) is 27.4 Å². The zero-order chi connectivity index (χ0) is 22.3. The highest BCUT2D eigenvalue weighted by Crippen LogP contribution is 2.25. The van der Waals surface area contributed by atoms with Crippen LogP contribution in [0.4, 0.5) is 4.79 Å². The molecule has 0 bridgehead atoms. The zero-order valence-electron chi connectivity index (χ0n) is 18.9. The Hall–Kier alpha value is -2.35. The van der Waals surface area contributed by atoms with Crippen LogP contribution in [-0.4, -0.2) is 66.7 Å². The van der Waals surface area contributed by atoms with Gasteiger partial charge in [-0.05, 0) is 53.5 Å². The van der Waals surface area contributed by atoms with Gasteiger partial charge < -0.3 is 24.3 Å². The summed E-state index contributed by atoms with van der Waals surface area (Å²) < 4.78 is 11.8. The molecule has 1 unspecified atom stereocenters. The quantitative estimate of drug-likeness (QED) is 0.365. The van der Waals surface area contributed by atoms with Gasteiger partial charge in [0.05, 0.1) is 13.2 Å². The van der Waals surface area contributed by atoms with E-state index in [1.54, 1.807) is 25.5 Å². The smallest absolute Gasteiger partial charge is 0.354 e. The van der Waals surface area contributed by atoms with Gasteiger partial charge in [-0.3, -0.25) is 4.79 Å². The number of esters is 1. The lowest BCUT2D eigenvalue weighted by Gasteiger charge is -2.29. The lowest BCUT2D eigenvalue weighted by Crippen LogP contribution is -2.50. The number of carbonyl (C=O) groups is 3. The summed E-state index contributed by atoms with van der Waals surface area (Å²) in [6.45, 7) is 12.3. The number of hydrogen-bond donors (Lipinski definition) is 1. The molecule has 2 amide bonds. The van der Waals surface area contributed by atoms with Gasteiger partial charge in [0, 0.05) is 44.1 Å². The van der Waals surface area contributed by atoms with Crippen LogP contribution in [0.25, 0.3) is 0 Å². The van der Waals surface area contributed by atoms with E-state index in [0.29, 0.717) is 48.6 Å². The highest BCUT2D eigenvalue weighted by atomic mass is 16.5. The number of amides is 2. The molecule has 0 aliphatic rings. The van der Waals surface area contributed by atoms with Gasteiger partial charge in [0.25, 0.3) is 0 Å². The van der Waals surface area contributed by atoms with Crippen LogP contribution in [-0.2, 0) is 16.0 Å². The minimum Gasteiger partial charge on any atom is -0.464 e. The van der Waals surface area contributed by atoms with Gasteiger partial charge in [-0.2, -0.15) is 0 Å². The van der Waals surface area contributed by atoms with Crippen molar-refractivity contribution in [2.24, 2.45) is 0 Å². The van der Waals surface area contributed by atoms with Gasteiger partial charge in [0.15, 0.2) is 5.78 Å². The Labute approximate surface area is 173 Å². The molecular weight excluding hydrogens is 374 g/mol. The molecule has 0 aliphatic heterocycles.